The van der Waals surface area contributed by atoms with Gasteiger partial charge in [-0.05, 0) is 55.0 Å². The number of halogens is 1. The summed E-state index contributed by atoms with van der Waals surface area (Å²) < 4.78 is 5.08. The highest BCUT2D eigenvalue weighted by atomic mass is 35.5. The number of carbonyl (C=O) groups excluding carboxylic acids is 1. The van der Waals surface area contributed by atoms with E-state index in [9.17, 15) is 4.79 Å². The largest absolute Gasteiger partial charge is 0.465 e. The molecule has 2 rings (SSSR count). The van der Waals surface area contributed by atoms with Gasteiger partial charge in [-0.1, -0.05) is 17.7 Å². The summed E-state index contributed by atoms with van der Waals surface area (Å²) >= 11 is 11.0. The van der Waals surface area contributed by atoms with Gasteiger partial charge < -0.3 is 9.73 Å². The van der Waals surface area contributed by atoms with E-state index in [2.05, 4.69) is 10.6 Å². The van der Waals surface area contributed by atoms with Crippen molar-refractivity contribution >= 4 is 46.6 Å². The average Bonchev–Trinajstić information content (AvgIpc) is 2.94. The second-order valence-electron chi connectivity index (χ2n) is 4.25. The molecule has 0 saturated heterocycles. The van der Waals surface area contributed by atoms with Crippen LogP contribution in [0.5, 0.6) is 0 Å². The van der Waals surface area contributed by atoms with Gasteiger partial charge in [0, 0.05) is 16.8 Å². The molecule has 0 unspecified atom stereocenters. The summed E-state index contributed by atoms with van der Waals surface area (Å²) in [6.07, 6.45) is 4.44. The quantitative estimate of drug-likeness (QED) is 0.667. The van der Waals surface area contributed by atoms with Crippen LogP contribution >= 0.6 is 23.8 Å². The van der Waals surface area contributed by atoms with Crippen molar-refractivity contribution in [1.29, 1.82) is 0 Å². The third-order valence-electron chi connectivity index (χ3n) is 2.63. The molecular weight excluding hydrogens is 308 g/mol. The van der Waals surface area contributed by atoms with Crippen LogP contribution in [-0.2, 0) is 4.79 Å². The Kier molecular flexibility index (Phi) is 5.14. The lowest BCUT2D eigenvalue weighted by molar-refractivity contribution is -0.115. The number of carbonyl (C=O) groups is 1. The van der Waals surface area contributed by atoms with Gasteiger partial charge in [0.25, 0.3) is 0 Å². The first-order valence-electron chi connectivity index (χ1n) is 6.14. The maximum Gasteiger partial charge on any atom is 0.250 e. The molecule has 6 heteroatoms. The lowest BCUT2D eigenvalue weighted by Gasteiger charge is -2.10. The SMILES string of the molecule is Cc1ccc(Cl)cc1NC(=S)NC(=O)C=Cc1ccco1. The fourth-order valence-corrected chi connectivity index (χ4v) is 1.96. The molecule has 0 atom stereocenters. The Labute approximate surface area is 132 Å². The van der Waals surface area contributed by atoms with E-state index in [1.807, 2.05) is 13.0 Å². The molecule has 0 aliphatic carbocycles. The number of hydrogen-bond acceptors (Lipinski definition) is 3. The van der Waals surface area contributed by atoms with Gasteiger partial charge >= 0.3 is 0 Å². The molecular formula is C15H13ClN2O2S. The highest BCUT2D eigenvalue weighted by molar-refractivity contribution is 7.80. The summed E-state index contributed by atoms with van der Waals surface area (Å²) in [4.78, 5) is 11.7. The van der Waals surface area contributed by atoms with Crippen molar-refractivity contribution in [1.82, 2.24) is 5.32 Å². The van der Waals surface area contributed by atoms with Crippen LogP contribution in [0.1, 0.15) is 11.3 Å². The van der Waals surface area contributed by atoms with E-state index < -0.39 is 0 Å². The average molecular weight is 321 g/mol. The van der Waals surface area contributed by atoms with E-state index in [1.54, 1.807) is 30.3 Å². The minimum atomic E-state index is -0.344. The van der Waals surface area contributed by atoms with E-state index in [0.717, 1.165) is 11.3 Å². The Morgan fingerprint density at radius 1 is 1.38 bits per heavy atom. The first-order valence-corrected chi connectivity index (χ1v) is 6.93. The fraction of sp³-hybridized carbons (Fsp3) is 0.0667. The molecule has 1 heterocycles. The Balaban J connectivity index is 1.92. The molecule has 0 aliphatic heterocycles. The fourth-order valence-electron chi connectivity index (χ4n) is 1.58. The summed E-state index contributed by atoms with van der Waals surface area (Å²) in [5, 5.41) is 6.28. The van der Waals surface area contributed by atoms with Crippen LogP contribution in [0.4, 0.5) is 5.69 Å². The molecule has 2 N–H and O–H groups in total. The number of benzene rings is 1. The van der Waals surface area contributed by atoms with E-state index >= 15 is 0 Å². The first kappa shape index (κ1) is 15.3. The number of thiocarbonyl (C=S) groups is 1. The molecule has 0 bridgehead atoms. The number of furan rings is 1. The Bertz CT molecular complexity index is 681. The second kappa shape index (κ2) is 7.06. The third kappa shape index (κ3) is 4.73. The van der Waals surface area contributed by atoms with Gasteiger partial charge in [0.1, 0.15) is 5.76 Å². The minimum Gasteiger partial charge on any atom is -0.465 e. The normalized spacial score (nSPS) is 10.6. The molecule has 0 saturated carbocycles. The number of rotatable bonds is 3. The third-order valence-corrected chi connectivity index (χ3v) is 3.07. The van der Waals surface area contributed by atoms with Crippen LogP contribution in [0.25, 0.3) is 6.08 Å². The zero-order valence-corrected chi connectivity index (χ0v) is 12.8. The molecule has 4 nitrogen and oxygen atoms in total. The summed E-state index contributed by atoms with van der Waals surface area (Å²) in [6, 6.07) is 8.89. The highest BCUT2D eigenvalue weighted by Crippen LogP contribution is 2.19. The molecule has 108 valence electrons. The molecule has 0 aliphatic rings. The minimum absolute atomic E-state index is 0.203. The molecule has 1 amide bonds. The number of aryl methyl sites for hydroxylation is 1. The summed E-state index contributed by atoms with van der Waals surface area (Å²) in [5.41, 5.74) is 1.73. The van der Waals surface area contributed by atoms with Crippen molar-refractivity contribution < 1.29 is 9.21 Å². The smallest absolute Gasteiger partial charge is 0.250 e. The lowest BCUT2D eigenvalue weighted by Crippen LogP contribution is -2.33. The molecule has 0 radical (unpaired) electrons. The van der Waals surface area contributed by atoms with Crippen molar-refractivity contribution in [2.75, 3.05) is 5.32 Å². The van der Waals surface area contributed by atoms with Crippen molar-refractivity contribution in [3.05, 3.63) is 59.0 Å². The second-order valence-corrected chi connectivity index (χ2v) is 5.10. The monoisotopic (exact) mass is 320 g/mol. The Hall–Kier alpha value is -2.11. The standard InChI is InChI=1S/C15H13ClN2O2S/c1-10-4-5-11(16)9-13(10)17-15(21)18-14(19)7-6-12-3-2-8-20-12/h2-9H,1H3,(H2,17,18,19,21). The molecule has 1 aromatic carbocycles. The number of nitrogens with one attached hydrogen (secondary N) is 2. The van der Waals surface area contributed by atoms with Crippen LogP contribution in [0.3, 0.4) is 0 Å². The van der Waals surface area contributed by atoms with E-state index in [4.69, 9.17) is 28.2 Å². The molecule has 0 fully saturated rings. The van der Waals surface area contributed by atoms with Crippen molar-refractivity contribution in [2.24, 2.45) is 0 Å². The van der Waals surface area contributed by atoms with Gasteiger partial charge in [-0.25, -0.2) is 0 Å². The number of anilines is 1. The van der Waals surface area contributed by atoms with Gasteiger partial charge in [0.2, 0.25) is 5.91 Å². The summed E-state index contributed by atoms with van der Waals surface area (Å²) in [6.45, 7) is 1.92. The highest BCUT2D eigenvalue weighted by Gasteiger charge is 2.04. The van der Waals surface area contributed by atoms with Crippen molar-refractivity contribution in [3.8, 4) is 0 Å². The van der Waals surface area contributed by atoms with Crippen LogP contribution < -0.4 is 10.6 Å². The zero-order valence-electron chi connectivity index (χ0n) is 11.2. The predicted molar refractivity (Wildman–Crippen MR) is 88.3 cm³/mol. The van der Waals surface area contributed by atoms with E-state index in [1.165, 1.54) is 12.3 Å². The number of hydrogen-bond donors (Lipinski definition) is 2. The summed E-state index contributed by atoms with van der Waals surface area (Å²) in [5.74, 6) is 0.248. The molecule has 21 heavy (non-hydrogen) atoms. The Morgan fingerprint density at radius 2 is 2.19 bits per heavy atom. The molecule has 2 aromatic rings. The summed E-state index contributed by atoms with van der Waals surface area (Å²) in [7, 11) is 0. The van der Waals surface area contributed by atoms with Gasteiger partial charge in [0.15, 0.2) is 5.11 Å². The van der Waals surface area contributed by atoms with Gasteiger partial charge in [0.05, 0.1) is 6.26 Å². The van der Waals surface area contributed by atoms with Gasteiger partial charge in [-0.2, -0.15) is 0 Å². The van der Waals surface area contributed by atoms with E-state index in [-0.39, 0.29) is 11.0 Å². The van der Waals surface area contributed by atoms with Crippen molar-refractivity contribution in [2.45, 2.75) is 6.92 Å². The van der Waals surface area contributed by atoms with Crippen molar-refractivity contribution in [3.63, 3.8) is 0 Å². The zero-order chi connectivity index (χ0) is 15.2. The van der Waals surface area contributed by atoms with Crippen LogP contribution in [0, 0.1) is 6.92 Å². The predicted octanol–water partition coefficient (Wildman–Crippen LogP) is 3.77. The van der Waals surface area contributed by atoms with Gasteiger partial charge in [-0.15, -0.1) is 0 Å². The maximum atomic E-state index is 11.7. The van der Waals surface area contributed by atoms with Crippen LogP contribution in [0.15, 0.2) is 47.1 Å². The lowest BCUT2D eigenvalue weighted by atomic mass is 10.2. The van der Waals surface area contributed by atoms with Crippen LogP contribution in [-0.4, -0.2) is 11.0 Å². The molecule has 0 spiro atoms. The number of amides is 1. The molecule has 1 aromatic heterocycles. The van der Waals surface area contributed by atoms with E-state index in [0.29, 0.717) is 10.8 Å². The van der Waals surface area contributed by atoms with Crippen LogP contribution in [0.2, 0.25) is 5.02 Å². The Morgan fingerprint density at radius 3 is 2.90 bits per heavy atom. The van der Waals surface area contributed by atoms with Gasteiger partial charge in [-0.3, -0.25) is 10.1 Å². The first-order chi connectivity index (χ1) is 10.0. The topological polar surface area (TPSA) is 54.3 Å². The maximum absolute atomic E-state index is 11.7.